The SMILES string of the molecule is CC(C)c1ccc2c(c1)OC(C)(C)CC2=NO. The second kappa shape index (κ2) is 4.06. The van der Waals surface area contributed by atoms with Gasteiger partial charge in [-0.2, -0.15) is 0 Å². The summed E-state index contributed by atoms with van der Waals surface area (Å²) in [6.45, 7) is 8.31. The summed E-state index contributed by atoms with van der Waals surface area (Å²) in [7, 11) is 0. The number of hydrogen-bond acceptors (Lipinski definition) is 3. The lowest BCUT2D eigenvalue weighted by atomic mass is 9.90. The predicted octanol–water partition coefficient (Wildman–Crippen LogP) is 3.55. The molecule has 1 aliphatic rings. The Morgan fingerprint density at radius 3 is 2.65 bits per heavy atom. The Balaban J connectivity index is 2.50. The van der Waals surface area contributed by atoms with Crippen LogP contribution in [0, 0.1) is 0 Å². The molecule has 0 radical (unpaired) electrons. The average Bonchev–Trinajstić information content (AvgIpc) is 2.25. The summed E-state index contributed by atoms with van der Waals surface area (Å²) >= 11 is 0. The van der Waals surface area contributed by atoms with Gasteiger partial charge in [-0.15, -0.1) is 0 Å². The molecule has 1 aromatic rings. The van der Waals surface area contributed by atoms with E-state index in [-0.39, 0.29) is 5.60 Å². The van der Waals surface area contributed by atoms with Gasteiger partial charge in [0.1, 0.15) is 11.4 Å². The molecule has 0 fully saturated rings. The number of fused-ring (bicyclic) bond motifs is 1. The largest absolute Gasteiger partial charge is 0.487 e. The number of nitrogens with zero attached hydrogens (tertiary/aromatic N) is 1. The maximum atomic E-state index is 9.08. The Bertz CT molecular complexity index is 461. The van der Waals surface area contributed by atoms with E-state index < -0.39 is 0 Å². The Labute approximate surface area is 102 Å². The van der Waals surface area contributed by atoms with Gasteiger partial charge in [-0.05, 0) is 37.5 Å². The lowest BCUT2D eigenvalue weighted by molar-refractivity contribution is 0.109. The molecule has 1 aromatic carbocycles. The minimum absolute atomic E-state index is 0.315. The number of hydrogen-bond donors (Lipinski definition) is 1. The van der Waals surface area contributed by atoms with Crippen molar-refractivity contribution >= 4 is 5.71 Å². The summed E-state index contributed by atoms with van der Waals surface area (Å²) in [6, 6.07) is 6.09. The van der Waals surface area contributed by atoms with Crippen molar-refractivity contribution in [3.05, 3.63) is 29.3 Å². The molecule has 17 heavy (non-hydrogen) atoms. The number of ether oxygens (including phenoxy) is 1. The third-order valence-corrected chi connectivity index (χ3v) is 3.08. The van der Waals surface area contributed by atoms with Crippen LogP contribution in [0.15, 0.2) is 23.4 Å². The standard InChI is InChI=1S/C14H19NO2/c1-9(2)10-5-6-11-12(15-16)8-14(3,4)17-13(11)7-10/h5-7,9,16H,8H2,1-4H3. The smallest absolute Gasteiger partial charge is 0.129 e. The van der Waals surface area contributed by atoms with E-state index in [0.29, 0.717) is 18.1 Å². The van der Waals surface area contributed by atoms with E-state index in [4.69, 9.17) is 9.94 Å². The fourth-order valence-electron chi connectivity index (χ4n) is 2.14. The van der Waals surface area contributed by atoms with Crippen LogP contribution in [0.2, 0.25) is 0 Å². The van der Waals surface area contributed by atoms with Crippen LogP contribution in [0.5, 0.6) is 5.75 Å². The molecule has 3 heteroatoms. The van der Waals surface area contributed by atoms with Crippen LogP contribution in [0.3, 0.4) is 0 Å². The van der Waals surface area contributed by atoms with Gasteiger partial charge in [0.25, 0.3) is 0 Å². The van der Waals surface area contributed by atoms with Gasteiger partial charge in [0.15, 0.2) is 0 Å². The molecule has 2 rings (SSSR count). The van der Waals surface area contributed by atoms with E-state index in [1.807, 2.05) is 26.0 Å². The number of benzene rings is 1. The van der Waals surface area contributed by atoms with E-state index in [1.165, 1.54) is 5.56 Å². The Kier molecular flexibility index (Phi) is 2.86. The minimum Gasteiger partial charge on any atom is -0.487 e. The third-order valence-electron chi connectivity index (χ3n) is 3.08. The second-order valence-corrected chi connectivity index (χ2v) is 5.50. The van der Waals surface area contributed by atoms with Crippen LogP contribution in [-0.4, -0.2) is 16.5 Å². The van der Waals surface area contributed by atoms with Gasteiger partial charge in [-0.25, -0.2) is 0 Å². The van der Waals surface area contributed by atoms with E-state index in [9.17, 15) is 0 Å². The van der Waals surface area contributed by atoms with Gasteiger partial charge in [-0.3, -0.25) is 0 Å². The molecule has 1 aliphatic heterocycles. The monoisotopic (exact) mass is 233 g/mol. The van der Waals surface area contributed by atoms with E-state index in [0.717, 1.165) is 11.3 Å². The van der Waals surface area contributed by atoms with Crippen LogP contribution < -0.4 is 4.74 Å². The number of oxime groups is 1. The molecule has 0 unspecified atom stereocenters. The summed E-state index contributed by atoms with van der Waals surface area (Å²) in [5.41, 5.74) is 2.52. The van der Waals surface area contributed by atoms with Gasteiger partial charge in [0.05, 0.1) is 5.71 Å². The molecule has 0 bridgehead atoms. The van der Waals surface area contributed by atoms with Crippen molar-refractivity contribution < 1.29 is 9.94 Å². The molecular weight excluding hydrogens is 214 g/mol. The predicted molar refractivity (Wildman–Crippen MR) is 68.2 cm³/mol. The molecule has 0 aliphatic carbocycles. The van der Waals surface area contributed by atoms with Crippen LogP contribution in [0.4, 0.5) is 0 Å². The summed E-state index contributed by atoms with van der Waals surface area (Å²) in [5, 5.41) is 12.5. The summed E-state index contributed by atoms with van der Waals surface area (Å²) in [5.74, 6) is 1.28. The van der Waals surface area contributed by atoms with E-state index in [2.05, 4.69) is 25.1 Å². The summed E-state index contributed by atoms with van der Waals surface area (Å²) < 4.78 is 5.95. The molecule has 1 N–H and O–H groups in total. The molecule has 0 spiro atoms. The zero-order valence-corrected chi connectivity index (χ0v) is 10.8. The zero-order chi connectivity index (χ0) is 12.6. The highest BCUT2D eigenvalue weighted by Crippen LogP contribution is 2.35. The highest BCUT2D eigenvalue weighted by atomic mass is 16.5. The van der Waals surface area contributed by atoms with Gasteiger partial charge in [0, 0.05) is 12.0 Å². The molecule has 0 atom stereocenters. The Morgan fingerprint density at radius 1 is 1.35 bits per heavy atom. The van der Waals surface area contributed by atoms with Gasteiger partial charge in [0.2, 0.25) is 0 Å². The Hall–Kier alpha value is -1.51. The Morgan fingerprint density at radius 2 is 2.06 bits per heavy atom. The van der Waals surface area contributed by atoms with Crippen LogP contribution in [-0.2, 0) is 0 Å². The van der Waals surface area contributed by atoms with Crippen LogP contribution in [0.25, 0.3) is 0 Å². The van der Waals surface area contributed by atoms with Crippen molar-refractivity contribution in [2.75, 3.05) is 0 Å². The van der Waals surface area contributed by atoms with Crippen molar-refractivity contribution in [2.45, 2.75) is 45.6 Å². The maximum Gasteiger partial charge on any atom is 0.129 e. The summed E-state index contributed by atoms with van der Waals surface area (Å²) in [6.07, 6.45) is 0.623. The first kappa shape index (κ1) is 12.0. The molecule has 0 saturated carbocycles. The van der Waals surface area contributed by atoms with Crippen LogP contribution >= 0.6 is 0 Å². The highest BCUT2D eigenvalue weighted by molar-refractivity contribution is 6.04. The molecule has 0 aromatic heterocycles. The van der Waals surface area contributed by atoms with Gasteiger partial charge in [-0.1, -0.05) is 25.1 Å². The highest BCUT2D eigenvalue weighted by Gasteiger charge is 2.31. The second-order valence-electron chi connectivity index (χ2n) is 5.50. The van der Waals surface area contributed by atoms with Crippen molar-refractivity contribution in [1.82, 2.24) is 0 Å². The molecule has 0 amide bonds. The van der Waals surface area contributed by atoms with E-state index >= 15 is 0 Å². The first-order valence-corrected chi connectivity index (χ1v) is 5.97. The molecule has 92 valence electrons. The maximum absolute atomic E-state index is 9.08. The average molecular weight is 233 g/mol. The third kappa shape index (κ3) is 2.28. The van der Waals surface area contributed by atoms with Gasteiger partial charge < -0.3 is 9.94 Å². The minimum atomic E-state index is -0.315. The van der Waals surface area contributed by atoms with Crippen molar-refractivity contribution in [1.29, 1.82) is 0 Å². The van der Waals surface area contributed by atoms with Gasteiger partial charge >= 0.3 is 0 Å². The lowest BCUT2D eigenvalue weighted by Gasteiger charge is -2.33. The van der Waals surface area contributed by atoms with Crippen molar-refractivity contribution in [3.8, 4) is 5.75 Å². The zero-order valence-electron chi connectivity index (χ0n) is 10.8. The molecule has 3 nitrogen and oxygen atoms in total. The van der Waals surface area contributed by atoms with Crippen molar-refractivity contribution in [3.63, 3.8) is 0 Å². The number of rotatable bonds is 1. The van der Waals surface area contributed by atoms with Crippen LogP contribution in [0.1, 0.15) is 51.2 Å². The fourth-order valence-corrected chi connectivity index (χ4v) is 2.14. The first-order chi connectivity index (χ1) is 7.93. The topological polar surface area (TPSA) is 41.8 Å². The molecule has 0 saturated heterocycles. The van der Waals surface area contributed by atoms with Crippen molar-refractivity contribution in [2.24, 2.45) is 5.16 Å². The lowest BCUT2D eigenvalue weighted by Crippen LogP contribution is -2.36. The van der Waals surface area contributed by atoms with E-state index in [1.54, 1.807) is 0 Å². The quantitative estimate of drug-likeness (QED) is 0.595. The summed E-state index contributed by atoms with van der Waals surface area (Å²) in [4.78, 5) is 0. The molecule has 1 heterocycles. The molecular formula is C14H19NO2. The first-order valence-electron chi connectivity index (χ1n) is 5.97. The normalized spacial score (nSPS) is 20.2. The fraction of sp³-hybridized carbons (Fsp3) is 0.500.